The van der Waals surface area contributed by atoms with Crippen molar-refractivity contribution in [3.63, 3.8) is 0 Å². The first kappa shape index (κ1) is 10.8. The van der Waals surface area contributed by atoms with Crippen molar-refractivity contribution in [2.45, 2.75) is 12.5 Å². The van der Waals surface area contributed by atoms with E-state index in [-0.39, 0.29) is 11.7 Å². The van der Waals surface area contributed by atoms with Crippen LogP contribution >= 0.6 is 0 Å². The largest absolute Gasteiger partial charge is 0.370 e. The van der Waals surface area contributed by atoms with Crippen LogP contribution in [-0.4, -0.2) is 32.0 Å². The number of hydrogen-bond donors (Lipinski definition) is 2. The molecule has 0 bridgehead atoms. The van der Waals surface area contributed by atoms with Gasteiger partial charge in [0.1, 0.15) is 5.82 Å². The zero-order chi connectivity index (χ0) is 12.7. The fourth-order valence-corrected chi connectivity index (χ4v) is 2.26. The van der Waals surface area contributed by atoms with Crippen LogP contribution in [0.15, 0.2) is 18.5 Å². The molecule has 0 aliphatic carbocycles. The molecule has 1 aliphatic rings. The number of primary amides is 1. The number of carbonyl (C=O) groups is 1. The molecular weight excluding hydrogens is 232 g/mol. The Hall–Kier alpha value is -2.31. The van der Waals surface area contributed by atoms with Gasteiger partial charge in [-0.1, -0.05) is 0 Å². The lowest BCUT2D eigenvalue weighted by molar-refractivity contribution is 0.0994. The van der Waals surface area contributed by atoms with Crippen molar-refractivity contribution in [1.82, 2.24) is 19.6 Å². The SMILES string of the molecule is Cn1cc(C2CCNc3cc(C(N)=O)nn32)cn1. The number of nitrogens with zero attached hydrogens (tertiary/aromatic N) is 4. The van der Waals surface area contributed by atoms with E-state index in [2.05, 4.69) is 15.5 Å². The van der Waals surface area contributed by atoms with E-state index in [4.69, 9.17) is 5.73 Å². The van der Waals surface area contributed by atoms with Gasteiger partial charge in [0.25, 0.3) is 5.91 Å². The van der Waals surface area contributed by atoms with E-state index in [1.54, 1.807) is 15.4 Å². The average Bonchev–Trinajstić information content (AvgIpc) is 2.94. The van der Waals surface area contributed by atoms with Crippen LogP contribution in [0.3, 0.4) is 0 Å². The molecule has 2 aromatic rings. The zero-order valence-electron chi connectivity index (χ0n) is 10.00. The summed E-state index contributed by atoms with van der Waals surface area (Å²) in [6.45, 7) is 0.837. The van der Waals surface area contributed by atoms with Crippen molar-refractivity contribution in [2.75, 3.05) is 11.9 Å². The summed E-state index contributed by atoms with van der Waals surface area (Å²) in [5.74, 6) is 0.313. The Morgan fingerprint density at radius 3 is 3.11 bits per heavy atom. The van der Waals surface area contributed by atoms with Gasteiger partial charge in [0.05, 0.1) is 12.2 Å². The van der Waals surface area contributed by atoms with Crippen LogP contribution in [0, 0.1) is 0 Å². The van der Waals surface area contributed by atoms with E-state index in [1.807, 2.05) is 19.4 Å². The molecule has 18 heavy (non-hydrogen) atoms. The molecule has 0 spiro atoms. The molecule has 1 atom stereocenters. The molecule has 0 fully saturated rings. The van der Waals surface area contributed by atoms with E-state index in [9.17, 15) is 4.79 Å². The summed E-state index contributed by atoms with van der Waals surface area (Å²) >= 11 is 0. The second-order valence-corrected chi connectivity index (χ2v) is 4.40. The summed E-state index contributed by atoms with van der Waals surface area (Å²) in [4.78, 5) is 11.2. The van der Waals surface area contributed by atoms with Gasteiger partial charge in [0, 0.05) is 31.4 Å². The minimum absolute atomic E-state index is 0.100. The van der Waals surface area contributed by atoms with Crippen molar-refractivity contribution in [2.24, 2.45) is 12.8 Å². The van der Waals surface area contributed by atoms with Crippen LogP contribution < -0.4 is 11.1 Å². The number of hydrogen-bond acceptors (Lipinski definition) is 4. The van der Waals surface area contributed by atoms with Crippen molar-refractivity contribution in [1.29, 1.82) is 0 Å². The number of rotatable bonds is 2. The van der Waals surface area contributed by atoms with Crippen LogP contribution in [0.4, 0.5) is 5.82 Å². The highest BCUT2D eigenvalue weighted by Gasteiger charge is 2.25. The fraction of sp³-hybridized carbons (Fsp3) is 0.364. The number of nitrogens with one attached hydrogen (secondary N) is 1. The second kappa shape index (κ2) is 3.86. The van der Waals surface area contributed by atoms with Crippen molar-refractivity contribution in [3.05, 3.63) is 29.7 Å². The summed E-state index contributed by atoms with van der Waals surface area (Å²) in [5.41, 5.74) is 6.62. The molecule has 3 rings (SSSR count). The van der Waals surface area contributed by atoms with E-state index in [1.165, 1.54) is 0 Å². The van der Waals surface area contributed by atoms with Gasteiger partial charge in [-0.25, -0.2) is 4.68 Å². The Labute approximate surface area is 104 Å². The molecule has 7 heteroatoms. The van der Waals surface area contributed by atoms with Gasteiger partial charge in [-0.3, -0.25) is 9.48 Å². The number of amides is 1. The lowest BCUT2D eigenvalue weighted by Gasteiger charge is -2.24. The third-order valence-electron chi connectivity index (χ3n) is 3.12. The van der Waals surface area contributed by atoms with Gasteiger partial charge in [0.2, 0.25) is 0 Å². The normalized spacial score (nSPS) is 18.2. The number of anilines is 1. The third kappa shape index (κ3) is 1.64. The van der Waals surface area contributed by atoms with Crippen LogP contribution in [-0.2, 0) is 7.05 Å². The predicted octanol–water partition coefficient (Wildman–Crippen LogP) is 0.120. The molecule has 7 nitrogen and oxygen atoms in total. The Morgan fingerprint density at radius 2 is 2.44 bits per heavy atom. The first-order valence-electron chi connectivity index (χ1n) is 5.77. The molecule has 1 amide bonds. The number of fused-ring (bicyclic) bond motifs is 1. The minimum Gasteiger partial charge on any atom is -0.370 e. The molecule has 1 unspecified atom stereocenters. The fourth-order valence-electron chi connectivity index (χ4n) is 2.26. The average molecular weight is 246 g/mol. The molecular formula is C11H14N6O. The Balaban J connectivity index is 2.03. The maximum atomic E-state index is 11.2. The minimum atomic E-state index is -0.511. The second-order valence-electron chi connectivity index (χ2n) is 4.40. The molecule has 0 radical (unpaired) electrons. The number of carbonyl (C=O) groups excluding carboxylic acids is 1. The highest BCUT2D eigenvalue weighted by Crippen LogP contribution is 2.29. The van der Waals surface area contributed by atoms with Gasteiger partial charge in [-0.05, 0) is 6.42 Å². The number of nitrogens with two attached hydrogens (primary N) is 1. The lowest BCUT2D eigenvalue weighted by Crippen LogP contribution is -2.24. The molecule has 1 aliphatic heterocycles. The Bertz CT molecular complexity index is 598. The van der Waals surface area contributed by atoms with Crippen LogP contribution in [0.25, 0.3) is 0 Å². The van der Waals surface area contributed by atoms with Gasteiger partial charge < -0.3 is 11.1 Å². The van der Waals surface area contributed by atoms with Crippen LogP contribution in [0.5, 0.6) is 0 Å². The maximum Gasteiger partial charge on any atom is 0.269 e. The monoisotopic (exact) mass is 246 g/mol. The van der Waals surface area contributed by atoms with Gasteiger partial charge in [-0.15, -0.1) is 0 Å². The van der Waals surface area contributed by atoms with Gasteiger partial charge >= 0.3 is 0 Å². The van der Waals surface area contributed by atoms with E-state index >= 15 is 0 Å². The summed E-state index contributed by atoms with van der Waals surface area (Å²) in [7, 11) is 1.88. The maximum absolute atomic E-state index is 11.2. The van der Waals surface area contributed by atoms with Crippen molar-refractivity contribution < 1.29 is 4.79 Å². The Morgan fingerprint density at radius 1 is 1.61 bits per heavy atom. The summed E-state index contributed by atoms with van der Waals surface area (Å²) in [5, 5.41) is 11.6. The van der Waals surface area contributed by atoms with Crippen LogP contribution in [0.1, 0.15) is 28.5 Å². The topological polar surface area (TPSA) is 90.8 Å². The van der Waals surface area contributed by atoms with E-state index < -0.39 is 5.91 Å². The molecule has 94 valence electrons. The summed E-state index contributed by atoms with van der Waals surface area (Å²) < 4.78 is 3.57. The van der Waals surface area contributed by atoms with Gasteiger partial charge in [-0.2, -0.15) is 10.2 Å². The van der Waals surface area contributed by atoms with Crippen molar-refractivity contribution in [3.8, 4) is 0 Å². The third-order valence-corrected chi connectivity index (χ3v) is 3.12. The lowest BCUT2D eigenvalue weighted by atomic mass is 10.1. The Kier molecular flexibility index (Phi) is 2.32. The van der Waals surface area contributed by atoms with E-state index in [0.717, 1.165) is 24.3 Å². The highest BCUT2D eigenvalue weighted by molar-refractivity contribution is 5.91. The molecule has 3 N–H and O–H groups in total. The molecule has 3 heterocycles. The summed E-state index contributed by atoms with van der Waals surface area (Å²) in [6, 6.07) is 1.79. The highest BCUT2D eigenvalue weighted by atomic mass is 16.1. The zero-order valence-corrected chi connectivity index (χ0v) is 10.00. The van der Waals surface area contributed by atoms with Crippen molar-refractivity contribution >= 4 is 11.7 Å². The number of aromatic nitrogens is 4. The van der Waals surface area contributed by atoms with E-state index in [0.29, 0.717) is 0 Å². The quantitative estimate of drug-likeness (QED) is 0.787. The van der Waals surface area contributed by atoms with Crippen LogP contribution in [0.2, 0.25) is 0 Å². The summed E-state index contributed by atoms with van der Waals surface area (Å²) in [6.07, 6.45) is 4.69. The molecule has 0 aromatic carbocycles. The van der Waals surface area contributed by atoms with Gasteiger partial charge in [0.15, 0.2) is 5.69 Å². The first-order valence-corrected chi connectivity index (χ1v) is 5.77. The smallest absolute Gasteiger partial charge is 0.269 e. The first-order chi connectivity index (χ1) is 8.65. The predicted molar refractivity (Wildman–Crippen MR) is 65.2 cm³/mol. The number of aryl methyl sites for hydroxylation is 1. The standard InChI is InChI=1S/C11H14N6O/c1-16-6-7(5-14-16)9-2-3-13-10-4-8(11(12)18)15-17(9)10/h4-6,9,13H,2-3H2,1H3,(H2,12,18). The molecule has 0 saturated carbocycles. The molecule has 2 aromatic heterocycles. The molecule has 0 saturated heterocycles.